The molecular weight excluding hydrogens is 274 g/mol. The van der Waals surface area contributed by atoms with E-state index in [9.17, 15) is 0 Å². The van der Waals surface area contributed by atoms with Crippen LogP contribution in [0.5, 0.6) is 11.5 Å². The van der Waals surface area contributed by atoms with Crippen LogP contribution in [0.15, 0.2) is 0 Å². The predicted molar refractivity (Wildman–Crippen MR) is 93.0 cm³/mol. The largest absolute Gasteiger partial charge is 0.494 e. The second kappa shape index (κ2) is 6.80. The third-order valence-electron chi connectivity index (χ3n) is 5.10. The van der Waals surface area contributed by atoms with Crippen molar-refractivity contribution < 1.29 is 9.47 Å². The van der Waals surface area contributed by atoms with Crippen LogP contribution in [-0.4, -0.2) is 12.7 Å². The van der Waals surface area contributed by atoms with Crippen molar-refractivity contribution in [2.75, 3.05) is 12.8 Å². The predicted octanol–water partition coefficient (Wildman–Crippen LogP) is 4.95. The second-order valence-electron chi connectivity index (χ2n) is 6.87. The molecule has 2 rings (SSSR count). The van der Waals surface area contributed by atoms with Crippen LogP contribution in [0, 0.1) is 13.8 Å². The summed E-state index contributed by atoms with van der Waals surface area (Å²) in [5, 5.41) is 0. The first-order valence-corrected chi connectivity index (χ1v) is 8.58. The normalized spacial score (nSPS) is 20.4. The fourth-order valence-corrected chi connectivity index (χ4v) is 3.47. The van der Waals surface area contributed by atoms with Gasteiger partial charge < -0.3 is 15.2 Å². The van der Waals surface area contributed by atoms with Crippen LogP contribution in [0.3, 0.4) is 0 Å². The summed E-state index contributed by atoms with van der Waals surface area (Å²) in [5.74, 6) is 1.81. The lowest BCUT2D eigenvalue weighted by atomic mass is 9.85. The molecule has 0 aliphatic carbocycles. The number of nitrogen functional groups attached to an aromatic ring is 1. The molecule has 0 radical (unpaired) electrons. The summed E-state index contributed by atoms with van der Waals surface area (Å²) in [6, 6.07) is 0. The number of anilines is 1. The van der Waals surface area contributed by atoms with Gasteiger partial charge in [-0.3, -0.25) is 0 Å². The van der Waals surface area contributed by atoms with Crippen molar-refractivity contribution in [3.05, 3.63) is 16.7 Å². The highest BCUT2D eigenvalue weighted by atomic mass is 16.5. The molecule has 1 heterocycles. The van der Waals surface area contributed by atoms with E-state index in [1.807, 2.05) is 0 Å². The smallest absolute Gasteiger partial charge is 0.145 e. The average molecular weight is 305 g/mol. The number of hydrogen-bond donors (Lipinski definition) is 1. The van der Waals surface area contributed by atoms with Crippen molar-refractivity contribution in [2.45, 2.75) is 78.2 Å². The molecule has 1 aliphatic rings. The molecule has 1 unspecified atom stereocenters. The Balaban J connectivity index is 2.23. The highest BCUT2D eigenvalue weighted by Crippen LogP contribution is 2.46. The van der Waals surface area contributed by atoms with Gasteiger partial charge in [-0.25, -0.2) is 0 Å². The quantitative estimate of drug-likeness (QED) is 0.597. The third kappa shape index (κ3) is 3.18. The first-order chi connectivity index (χ1) is 10.4. The molecule has 2 N–H and O–H groups in total. The maximum absolute atomic E-state index is 6.46. The van der Waals surface area contributed by atoms with E-state index >= 15 is 0 Å². The number of nitrogens with two attached hydrogens (primary N) is 1. The molecule has 3 heteroatoms. The van der Waals surface area contributed by atoms with E-state index in [0.717, 1.165) is 47.6 Å². The van der Waals surface area contributed by atoms with Crippen LogP contribution in [0.1, 0.15) is 69.1 Å². The molecule has 1 atom stereocenters. The van der Waals surface area contributed by atoms with Gasteiger partial charge in [-0.15, -0.1) is 0 Å². The van der Waals surface area contributed by atoms with Crippen molar-refractivity contribution >= 4 is 5.69 Å². The van der Waals surface area contributed by atoms with Gasteiger partial charge in [0, 0.05) is 5.56 Å². The Hall–Kier alpha value is -1.38. The fourth-order valence-electron chi connectivity index (χ4n) is 3.47. The van der Waals surface area contributed by atoms with E-state index in [-0.39, 0.29) is 5.60 Å². The Morgan fingerprint density at radius 1 is 1.18 bits per heavy atom. The monoisotopic (exact) mass is 305 g/mol. The van der Waals surface area contributed by atoms with E-state index < -0.39 is 0 Å². The highest BCUT2D eigenvalue weighted by Gasteiger charge is 2.34. The molecular formula is C19H31NO2. The summed E-state index contributed by atoms with van der Waals surface area (Å²) in [6.45, 7) is 8.66. The second-order valence-corrected chi connectivity index (χ2v) is 6.87. The molecule has 3 nitrogen and oxygen atoms in total. The lowest BCUT2D eigenvalue weighted by Crippen LogP contribution is -2.37. The maximum atomic E-state index is 6.46. The number of benzene rings is 1. The summed E-state index contributed by atoms with van der Waals surface area (Å²) in [4.78, 5) is 0. The summed E-state index contributed by atoms with van der Waals surface area (Å²) >= 11 is 0. The molecule has 124 valence electrons. The first kappa shape index (κ1) is 17.0. The molecule has 0 bridgehead atoms. The number of ether oxygens (including phenoxy) is 2. The summed E-state index contributed by atoms with van der Waals surface area (Å²) < 4.78 is 11.9. The van der Waals surface area contributed by atoms with Gasteiger partial charge in [-0.2, -0.15) is 0 Å². The molecule has 1 aliphatic heterocycles. The minimum absolute atomic E-state index is 0.0566. The van der Waals surface area contributed by atoms with Crippen LogP contribution in [0.25, 0.3) is 0 Å². The molecule has 1 aromatic rings. The van der Waals surface area contributed by atoms with E-state index in [1.54, 1.807) is 7.11 Å². The Labute approximate surface area is 135 Å². The zero-order valence-corrected chi connectivity index (χ0v) is 14.8. The minimum atomic E-state index is -0.0566. The Kier molecular flexibility index (Phi) is 5.25. The van der Waals surface area contributed by atoms with Gasteiger partial charge in [0.15, 0.2) is 0 Å². The molecule has 0 spiro atoms. The fraction of sp³-hybridized carbons (Fsp3) is 0.684. The minimum Gasteiger partial charge on any atom is -0.494 e. The highest BCUT2D eigenvalue weighted by molar-refractivity contribution is 5.70. The molecule has 0 amide bonds. The van der Waals surface area contributed by atoms with Gasteiger partial charge in [0.2, 0.25) is 0 Å². The van der Waals surface area contributed by atoms with Crippen LogP contribution in [-0.2, 0) is 6.42 Å². The molecule has 0 saturated carbocycles. The van der Waals surface area contributed by atoms with Crippen molar-refractivity contribution in [3.8, 4) is 11.5 Å². The SMILES string of the molecule is CCCCCCC1(C)CCc2c(N)c(OC)c(C)c(C)c2O1. The van der Waals surface area contributed by atoms with Crippen molar-refractivity contribution in [3.63, 3.8) is 0 Å². The Morgan fingerprint density at radius 2 is 1.91 bits per heavy atom. The van der Waals surface area contributed by atoms with E-state index in [4.69, 9.17) is 15.2 Å². The van der Waals surface area contributed by atoms with Crippen LogP contribution < -0.4 is 15.2 Å². The molecule has 0 aromatic heterocycles. The Morgan fingerprint density at radius 3 is 2.55 bits per heavy atom. The van der Waals surface area contributed by atoms with Gasteiger partial charge >= 0.3 is 0 Å². The van der Waals surface area contributed by atoms with Gasteiger partial charge in [0.1, 0.15) is 17.1 Å². The van der Waals surface area contributed by atoms with Crippen LogP contribution in [0.2, 0.25) is 0 Å². The molecule has 0 saturated heterocycles. The number of rotatable bonds is 6. The first-order valence-electron chi connectivity index (χ1n) is 8.58. The maximum Gasteiger partial charge on any atom is 0.145 e. The Bertz CT molecular complexity index is 539. The lowest BCUT2D eigenvalue weighted by Gasteiger charge is -2.38. The van der Waals surface area contributed by atoms with Crippen molar-refractivity contribution in [1.82, 2.24) is 0 Å². The van der Waals surface area contributed by atoms with Gasteiger partial charge in [-0.1, -0.05) is 26.2 Å². The molecule has 22 heavy (non-hydrogen) atoms. The van der Waals surface area contributed by atoms with Gasteiger partial charge in [0.05, 0.1) is 12.8 Å². The number of hydrogen-bond acceptors (Lipinski definition) is 3. The van der Waals surface area contributed by atoms with Crippen molar-refractivity contribution in [2.24, 2.45) is 0 Å². The zero-order valence-electron chi connectivity index (χ0n) is 14.8. The number of fused-ring (bicyclic) bond motifs is 1. The van der Waals surface area contributed by atoms with Gasteiger partial charge in [0.25, 0.3) is 0 Å². The number of methoxy groups -OCH3 is 1. The van der Waals surface area contributed by atoms with Gasteiger partial charge in [-0.05, 0) is 57.6 Å². The van der Waals surface area contributed by atoms with E-state index in [0.29, 0.717) is 0 Å². The molecule has 0 fully saturated rings. The standard InChI is InChI=1S/C19H31NO2/c1-6-7-8-9-11-19(4)12-10-15-16(20)18(21-5)14(3)13(2)17(15)22-19/h6-12,20H2,1-5H3. The average Bonchev–Trinajstić information content (AvgIpc) is 2.50. The van der Waals surface area contributed by atoms with E-state index in [1.165, 1.54) is 31.2 Å². The van der Waals surface area contributed by atoms with Crippen LogP contribution >= 0.6 is 0 Å². The van der Waals surface area contributed by atoms with E-state index in [2.05, 4.69) is 27.7 Å². The zero-order chi connectivity index (χ0) is 16.3. The third-order valence-corrected chi connectivity index (χ3v) is 5.10. The summed E-state index contributed by atoms with van der Waals surface area (Å²) in [5.41, 5.74) is 10.4. The molecule has 1 aromatic carbocycles. The van der Waals surface area contributed by atoms with Crippen LogP contribution in [0.4, 0.5) is 5.69 Å². The lowest BCUT2D eigenvalue weighted by molar-refractivity contribution is 0.0527. The number of unbranched alkanes of at least 4 members (excludes halogenated alkanes) is 3. The summed E-state index contributed by atoms with van der Waals surface area (Å²) in [7, 11) is 1.69. The summed E-state index contributed by atoms with van der Waals surface area (Å²) in [6.07, 6.45) is 8.25. The van der Waals surface area contributed by atoms with Crippen molar-refractivity contribution in [1.29, 1.82) is 0 Å². The topological polar surface area (TPSA) is 44.5 Å².